The van der Waals surface area contributed by atoms with Gasteiger partial charge in [0.1, 0.15) is 0 Å². The second-order valence-corrected chi connectivity index (χ2v) is 6.68. The van der Waals surface area contributed by atoms with Crippen LogP contribution in [0.1, 0.15) is 65.7 Å². The summed E-state index contributed by atoms with van der Waals surface area (Å²) in [5, 5.41) is 13.3. The molecule has 4 atom stereocenters. The minimum Gasteiger partial charge on any atom is -0.393 e. The highest BCUT2D eigenvalue weighted by Crippen LogP contribution is 2.53. The number of hydrogen-bond acceptors (Lipinski definition) is 3. The van der Waals surface area contributed by atoms with Gasteiger partial charge in [0.15, 0.2) is 0 Å². The van der Waals surface area contributed by atoms with Gasteiger partial charge < -0.3 is 15.2 Å². The summed E-state index contributed by atoms with van der Waals surface area (Å²) < 4.78 is 5.97. The number of rotatable bonds is 6. The Labute approximate surface area is 118 Å². The Morgan fingerprint density at radius 3 is 2.53 bits per heavy atom. The zero-order valence-electron chi connectivity index (χ0n) is 12.8. The average molecular weight is 269 g/mol. The van der Waals surface area contributed by atoms with E-state index in [-0.39, 0.29) is 6.10 Å². The molecule has 2 aliphatic rings. The maximum atomic E-state index is 9.50. The van der Waals surface area contributed by atoms with Crippen LogP contribution < -0.4 is 5.32 Å². The fourth-order valence-electron chi connectivity index (χ4n) is 4.22. The molecule has 0 radical (unpaired) electrons. The zero-order valence-corrected chi connectivity index (χ0v) is 12.8. The van der Waals surface area contributed by atoms with Crippen LogP contribution >= 0.6 is 0 Å². The molecule has 0 bridgehead atoms. The van der Waals surface area contributed by atoms with Gasteiger partial charge in [-0.15, -0.1) is 0 Å². The van der Waals surface area contributed by atoms with Gasteiger partial charge >= 0.3 is 0 Å². The fraction of sp³-hybridized carbons (Fsp3) is 1.00. The third-order valence-corrected chi connectivity index (χ3v) is 5.12. The van der Waals surface area contributed by atoms with Crippen molar-refractivity contribution < 1.29 is 9.84 Å². The number of aliphatic hydroxyl groups is 1. The molecule has 2 N–H and O–H groups in total. The average Bonchev–Trinajstić information content (AvgIpc) is 2.38. The zero-order chi connectivity index (χ0) is 13.9. The Kier molecular flexibility index (Phi) is 5.27. The number of hydrogen-bond donors (Lipinski definition) is 2. The van der Waals surface area contributed by atoms with Crippen LogP contribution in [0.15, 0.2) is 0 Å². The van der Waals surface area contributed by atoms with E-state index in [2.05, 4.69) is 19.2 Å². The van der Waals surface area contributed by atoms with Crippen molar-refractivity contribution >= 4 is 0 Å². The topological polar surface area (TPSA) is 41.5 Å². The van der Waals surface area contributed by atoms with E-state index in [9.17, 15) is 5.11 Å². The van der Waals surface area contributed by atoms with Gasteiger partial charge in [0, 0.05) is 24.1 Å². The van der Waals surface area contributed by atoms with Crippen LogP contribution in [-0.4, -0.2) is 36.0 Å². The van der Waals surface area contributed by atoms with E-state index in [4.69, 9.17) is 4.74 Å². The molecule has 0 aromatic heterocycles. The van der Waals surface area contributed by atoms with E-state index in [1.54, 1.807) is 0 Å². The van der Waals surface area contributed by atoms with Gasteiger partial charge in [0.05, 0.1) is 12.2 Å². The lowest BCUT2D eigenvalue weighted by Crippen LogP contribution is -2.65. The molecule has 3 heteroatoms. The molecule has 2 rings (SSSR count). The quantitative estimate of drug-likeness (QED) is 0.779. The van der Waals surface area contributed by atoms with Crippen LogP contribution in [0.3, 0.4) is 0 Å². The van der Waals surface area contributed by atoms with Crippen LogP contribution in [0.2, 0.25) is 0 Å². The molecular weight excluding hydrogens is 238 g/mol. The summed E-state index contributed by atoms with van der Waals surface area (Å²) in [6, 6.07) is 0.990. The highest BCUT2D eigenvalue weighted by Gasteiger charge is 2.55. The predicted octanol–water partition coefficient (Wildman–Crippen LogP) is 2.86. The van der Waals surface area contributed by atoms with Gasteiger partial charge in [-0.3, -0.25) is 0 Å². The third kappa shape index (κ3) is 3.32. The molecule has 0 aromatic rings. The second kappa shape index (κ2) is 6.55. The lowest BCUT2D eigenvalue weighted by molar-refractivity contribution is -0.152. The molecule has 19 heavy (non-hydrogen) atoms. The van der Waals surface area contributed by atoms with Crippen LogP contribution in [0, 0.1) is 5.41 Å². The van der Waals surface area contributed by atoms with E-state index in [1.807, 2.05) is 6.92 Å². The smallest absolute Gasteiger partial charge is 0.0661 e. The molecular formula is C16H31NO2. The van der Waals surface area contributed by atoms with Crippen LogP contribution in [0.25, 0.3) is 0 Å². The number of aliphatic hydroxyl groups excluding tert-OH is 1. The molecule has 2 saturated carbocycles. The summed E-state index contributed by atoms with van der Waals surface area (Å²) in [6.45, 7) is 7.01. The Bertz CT molecular complexity index is 274. The first-order chi connectivity index (χ1) is 9.08. The maximum absolute atomic E-state index is 9.50. The Morgan fingerprint density at radius 1 is 1.26 bits per heavy atom. The minimum absolute atomic E-state index is 0.215. The monoisotopic (exact) mass is 269 g/mol. The molecule has 3 nitrogen and oxygen atoms in total. The Morgan fingerprint density at radius 2 is 1.95 bits per heavy atom. The van der Waals surface area contributed by atoms with E-state index < -0.39 is 0 Å². The highest BCUT2D eigenvalue weighted by molar-refractivity contribution is 5.09. The van der Waals surface area contributed by atoms with Crippen molar-refractivity contribution in [3.63, 3.8) is 0 Å². The van der Waals surface area contributed by atoms with Crippen molar-refractivity contribution in [3.05, 3.63) is 0 Å². The van der Waals surface area contributed by atoms with E-state index >= 15 is 0 Å². The summed E-state index contributed by atoms with van der Waals surface area (Å²) in [6.07, 6.45) is 8.97. The molecule has 0 saturated heterocycles. The summed E-state index contributed by atoms with van der Waals surface area (Å²) in [5.41, 5.74) is 0.390. The van der Waals surface area contributed by atoms with Gasteiger partial charge in [-0.1, -0.05) is 19.3 Å². The Balaban J connectivity index is 1.93. The largest absolute Gasteiger partial charge is 0.393 e. The molecule has 4 unspecified atom stereocenters. The van der Waals surface area contributed by atoms with E-state index in [0.717, 1.165) is 19.4 Å². The van der Waals surface area contributed by atoms with Crippen LogP contribution in [0.4, 0.5) is 0 Å². The minimum atomic E-state index is -0.215. The standard InChI is InChI=1S/C16H31NO2/c1-4-19-15-11-14(17-12(2)10-13(3)18)16(15)8-6-5-7-9-16/h12-15,17-18H,4-11H2,1-3H3. The lowest BCUT2D eigenvalue weighted by atomic mass is 9.55. The first-order valence-electron chi connectivity index (χ1n) is 8.14. The van der Waals surface area contributed by atoms with Crippen molar-refractivity contribution in [3.8, 4) is 0 Å². The summed E-state index contributed by atoms with van der Waals surface area (Å²) in [4.78, 5) is 0. The summed E-state index contributed by atoms with van der Waals surface area (Å²) in [7, 11) is 0. The molecule has 0 amide bonds. The molecule has 0 aliphatic heterocycles. The fourth-order valence-corrected chi connectivity index (χ4v) is 4.22. The normalized spacial score (nSPS) is 32.8. The Hall–Kier alpha value is -0.120. The van der Waals surface area contributed by atoms with E-state index in [1.165, 1.54) is 32.1 Å². The number of nitrogens with one attached hydrogen (secondary N) is 1. The van der Waals surface area contributed by atoms with Gasteiger partial charge in [-0.05, 0) is 46.5 Å². The molecule has 2 aliphatic carbocycles. The first kappa shape index (κ1) is 15.3. The van der Waals surface area contributed by atoms with Crippen molar-refractivity contribution in [2.75, 3.05) is 6.61 Å². The molecule has 112 valence electrons. The third-order valence-electron chi connectivity index (χ3n) is 5.12. The van der Waals surface area contributed by atoms with Crippen LogP contribution in [-0.2, 0) is 4.74 Å². The summed E-state index contributed by atoms with van der Waals surface area (Å²) in [5.74, 6) is 0. The van der Waals surface area contributed by atoms with Gasteiger partial charge in [-0.2, -0.15) is 0 Å². The van der Waals surface area contributed by atoms with Gasteiger partial charge in [0.25, 0.3) is 0 Å². The molecule has 1 spiro atoms. The van der Waals surface area contributed by atoms with E-state index in [0.29, 0.717) is 23.6 Å². The van der Waals surface area contributed by atoms with Gasteiger partial charge in [-0.25, -0.2) is 0 Å². The summed E-state index contributed by atoms with van der Waals surface area (Å²) >= 11 is 0. The first-order valence-corrected chi connectivity index (χ1v) is 8.14. The van der Waals surface area contributed by atoms with Gasteiger partial charge in [0.2, 0.25) is 0 Å². The van der Waals surface area contributed by atoms with Crippen molar-refractivity contribution in [2.45, 2.75) is 90.0 Å². The molecule has 0 heterocycles. The molecule has 0 aromatic carbocycles. The van der Waals surface area contributed by atoms with Crippen molar-refractivity contribution in [2.24, 2.45) is 5.41 Å². The maximum Gasteiger partial charge on any atom is 0.0661 e. The molecule has 2 fully saturated rings. The highest BCUT2D eigenvalue weighted by atomic mass is 16.5. The number of ether oxygens (including phenoxy) is 1. The van der Waals surface area contributed by atoms with Crippen molar-refractivity contribution in [1.29, 1.82) is 0 Å². The predicted molar refractivity (Wildman–Crippen MR) is 78.2 cm³/mol. The second-order valence-electron chi connectivity index (χ2n) is 6.68. The van der Waals surface area contributed by atoms with Crippen molar-refractivity contribution in [1.82, 2.24) is 5.32 Å². The SMILES string of the molecule is CCOC1CC(NC(C)CC(C)O)C12CCCCC2. The van der Waals surface area contributed by atoms with Crippen LogP contribution in [0.5, 0.6) is 0 Å². The lowest BCUT2D eigenvalue weighted by Gasteiger charge is -2.58.